The lowest BCUT2D eigenvalue weighted by Gasteiger charge is -2.43. The third-order valence-corrected chi connectivity index (χ3v) is 8.65. The molecule has 0 unspecified atom stereocenters. The van der Waals surface area contributed by atoms with Crippen LogP contribution in [0.15, 0.2) is 109 Å². The van der Waals surface area contributed by atoms with Crippen molar-refractivity contribution in [1.29, 1.82) is 0 Å². The van der Waals surface area contributed by atoms with E-state index in [0.717, 1.165) is 17.8 Å². The van der Waals surface area contributed by atoms with Gasteiger partial charge in [-0.25, -0.2) is 5.06 Å². The molecule has 1 spiro atoms. The number of rotatable bonds is 5. The van der Waals surface area contributed by atoms with Crippen molar-refractivity contribution in [3.63, 3.8) is 0 Å². The van der Waals surface area contributed by atoms with E-state index in [1.165, 1.54) is 10.4 Å². The van der Waals surface area contributed by atoms with Gasteiger partial charge >= 0.3 is 0 Å². The number of carbonyl (C=O) groups is 1. The second-order valence-electron chi connectivity index (χ2n) is 9.72. The van der Waals surface area contributed by atoms with Gasteiger partial charge in [-0.05, 0) is 41.6 Å². The summed E-state index contributed by atoms with van der Waals surface area (Å²) in [5, 5.41) is 4.11. The quantitative estimate of drug-likeness (QED) is 0.305. The van der Waals surface area contributed by atoms with E-state index in [4.69, 9.17) is 4.84 Å². The molecule has 2 saturated heterocycles. The summed E-state index contributed by atoms with van der Waals surface area (Å²) >= 11 is 1.71. The topological polar surface area (TPSA) is 32.8 Å². The van der Waals surface area contributed by atoms with Gasteiger partial charge in [0.25, 0.3) is 0 Å². The summed E-state index contributed by atoms with van der Waals surface area (Å²) in [5.74, 6) is 0.0650. The smallest absolute Gasteiger partial charge is 0.176 e. The van der Waals surface area contributed by atoms with Crippen molar-refractivity contribution >= 4 is 22.8 Å². The number of hydrogen-bond acceptors (Lipinski definition) is 5. The molecule has 0 radical (unpaired) electrons. The lowest BCUT2D eigenvalue weighted by molar-refractivity contribution is -0.151. The molecule has 2 aliphatic rings. The molecule has 0 N–H and O–H groups in total. The standard InChI is InChI=1S/C31H30N2O2S/c1-23(24-12-5-2-6-13-24)32-20-19-28(34)31(22-32)29(27-18-11-21-36-27)30(25-14-7-3-8-15-25)33(35-31)26-16-9-4-10-17-26/h2-18,21,23,29-30H,19-20,22H2,1H3/t23-,29-,30+,31+/m1/s1. The molecule has 2 fully saturated rings. The lowest BCUT2D eigenvalue weighted by atomic mass is 9.74. The minimum absolute atomic E-state index is 0.122. The highest BCUT2D eigenvalue weighted by atomic mass is 32.1. The van der Waals surface area contributed by atoms with E-state index in [9.17, 15) is 4.79 Å². The van der Waals surface area contributed by atoms with E-state index in [2.05, 4.69) is 90.0 Å². The molecule has 6 rings (SSSR count). The first-order chi connectivity index (χ1) is 17.7. The number of thiophene rings is 1. The molecule has 4 aromatic rings. The molecule has 0 bridgehead atoms. The fourth-order valence-corrected chi connectivity index (χ4v) is 6.79. The maximum absolute atomic E-state index is 14.0. The summed E-state index contributed by atoms with van der Waals surface area (Å²) in [4.78, 5) is 24.6. The predicted octanol–water partition coefficient (Wildman–Crippen LogP) is 6.80. The number of benzene rings is 3. The van der Waals surface area contributed by atoms with Crippen LogP contribution in [0.2, 0.25) is 0 Å². The zero-order chi connectivity index (χ0) is 24.5. The fraction of sp³-hybridized carbons (Fsp3) is 0.258. The molecule has 2 aliphatic heterocycles. The van der Waals surface area contributed by atoms with Gasteiger partial charge in [0, 0.05) is 30.4 Å². The molecule has 0 saturated carbocycles. The molecule has 5 heteroatoms. The molecular formula is C31H30N2O2S. The summed E-state index contributed by atoms with van der Waals surface area (Å²) in [6, 6.07) is 35.6. The summed E-state index contributed by atoms with van der Waals surface area (Å²) in [5.41, 5.74) is 2.40. The number of likely N-dealkylation sites (tertiary alicyclic amines) is 1. The molecule has 0 aliphatic carbocycles. The van der Waals surface area contributed by atoms with Crippen LogP contribution in [0.25, 0.3) is 0 Å². The van der Waals surface area contributed by atoms with Crippen molar-refractivity contribution in [2.45, 2.75) is 36.9 Å². The van der Waals surface area contributed by atoms with Crippen LogP contribution in [0, 0.1) is 0 Å². The fourth-order valence-electron chi connectivity index (χ4n) is 5.85. The SMILES string of the molecule is C[C@H](c1ccccc1)N1CCC(=O)[C@]2(C1)ON(c1ccccc1)[C@@H](c1ccccc1)[C@H]2c1cccs1. The first-order valence-corrected chi connectivity index (χ1v) is 13.5. The number of Topliss-reactive ketones (excluding diaryl/α,β-unsaturated/α-hetero) is 1. The average molecular weight is 495 g/mol. The molecular weight excluding hydrogens is 464 g/mol. The third kappa shape index (κ3) is 3.97. The van der Waals surface area contributed by atoms with Gasteiger partial charge in [-0.3, -0.25) is 14.5 Å². The first-order valence-electron chi connectivity index (χ1n) is 12.6. The normalized spacial score (nSPS) is 25.4. The highest BCUT2D eigenvalue weighted by molar-refractivity contribution is 7.10. The Morgan fingerprint density at radius 2 is 1.56 bits per heavy atom. The van der Waals surface area contributed by atoms with E-state index in [0.29, 0.717) is 13.0 Å². The van der Waals surface area contributed by atoms with Gasteiger partial charge in [0.05, 0.1) is 17.6 Å². The number of anilines is 1. The van der Waals surface area contributed by atoms with Gasteiger partial charge in [0.2, 0.25) is 0 Å². The summed E-state index contributed by atoms with van der Waals surface area (Å²) in [7, 11) is 0. The Balaban J connectivity index is 1.48. The Kier molecular flexibility index (Phi) is 6.22. The van der Waals surface area contributed by atoms with Crippen molar-refractivity contribution in [2.75, 3.05) is 18.2 Å². The van der Waals surface area contributed by atoms with Crippen molar-refractivity contribution in [1.82, 2.24) is 4.90 Å². The van der Waals surface area contributed by atoms with Crippen molar-refractivity contribution < 1.29 is 9.63 Å². The highest BCUT2D eigenvalue weighted by Crippen LogP contribution is 2.56. The molecule has 0 amide bonds. The molecule has 4 nitrogen and oxygen atoms in total. The van der Waals surface area contributed by atoms with Crippen LogP contribution in [0.5, 0.6) is 0 Å². The second kappa shape index (κ2) is 9.66. The molecule has 3 aromatic carbocycles. The minimum Gasteiger partial charge on any atom is -0.296 e. The zero-order valence-electron chi connectivity index (χ0n) is 20.4. The summed E-state index contributed by atoms with van der Waals surface area (Å²) < 4.78 is 0. The maximum Gasteiger partial charge on any atom is 0.176 e. The van der Waals surface area contributed by atoms with Gasteiger partial charge in [0.15, 0.2) is 11.4 Å². The summed E-state index contributed by atoms with van der Waals surface area (Å²) in [6.45, 7) is 3.52. The van der Waals surface area contributed by atoms with Gasteiger partial charge in [-0.1, -0.05) is 84.9 Å². The van der Waals surface area contributed by atoms with Gasteiger partial charge in [0.1, 0.15) is 0 Å². The first kappa shape index (κ1) is 23.2. The number of para-hydroxylation sites is 1. The van der Waals surface area contributed by atoms with Crippen molar-refractivity contribution in [3.05, 3.63) is 125 Å². The summed E-state index contributed by atoms with van der Waals surface area (Å²) in [6.07, 6.45) is 0.475. The Hall–Kier alpha value is -3.25. The van der Waals surface area contributed by atoms with Crippen LogP contribution in [0.3, 0.4) is 0 Å². The molecule has 182 valence electrons. The zero-order valence-corrected chi connectivity index (χ0v) is 21.2. The average Bonchev–Trinajstić information content (AvgIpc) is 3.58. The largest absolute Gasteiger partial charge is 0.296 e. The van der Waals surface area contributed by atoms with Crippen LogP contribution in [0.4, 0.5) is 5.69 Å². The minimum atomic E-state index is -0.970. The number of ketones is 1. The molecule has 36 heavy (non-hydrogen) atoms. The molecule has 1 aromatic heterocycles. The van der Waals surface area contributed by atoms with Crippen LogP contribution >= 0.6 is 11.3 Å². The Morgan fingerprint density at radius 3 is 2.22 bits per heavy atom. The monoisotopic (exact) mass is 494 g/mol. The highest BCUT2D eigenvalue weighted by Gasteiger charge is 2.62. The van der Waals surface area contributed by atoms with Crippen molar-refractivity contribution in [2.24, 2.45) is 0 Å². The van der Waals surface area contributed by atoms with E-state index in [1.54, 1.807) is 11.3 Å². The van der Waals surface area contributed by atoms with Crippen LogP contribution in [-0.2, 0) is 9.63 Å². The lowest BCUT2D eigenvalue weighted by Crippen LogP contribution is -2.57. The van der Waals surface area contributed by atoms with E-state index in [1.807, 2.05) is 35.4 Å². The Morgan fingerprint density at radius 1 is 0.889 bits per heavy atom. The number of piperidine rings is 1. The molecule has 3 heterocycles. The second-order valence-corrected chi connectivity index (χ2v) is 10.7. The van der Waals surface area contributed by atoms with Gasteiger partial charge < -0.3 is 0 Å². The number of hydrogen-bond donors (Lipinski definition) is 0. The van der Waals surface area contributed by atoms with E-state index < -0.39 is 5.60 Å². The van der Waals surface area contributed by atoms with Gasteiger partial charge in [-0.2, -0.15) is 0 Å². The maximum atomic E-state index is 14.0. The van der Waals surface area contributed by atoms with E-state index in [-0.39, 0.29) is 23.8 Å². The number of carbonyl (C=O) groups excluding carboxylic acids is 1. The Labute approximate surface area is 216 Å². The molecule has 4 atom stereocenters. The Bertz CT molecular complexity index is 1300. The number of nitrogens with zero attached hydrogens (tertiary/aromatic N) is 2. The third-order valence-electron chi connectivity index (χ3n) is 7.70. The van der Waals surface area contributed by atoms with E-state index >= 15 is 0 Å². The predicted molar refractivity (Wildman–Crippen MR) is 145 cm³/mol. The number of hydroxylamine groups is 1. The van der Waals surface area contributed by atoms with Crippen molar-refractivity contribution in [3.8, 4) is 0 Å². The van der Waals surface area contributed by atoms with Crippen LogP contribution in [-0.4, -0.2) is 29.4 Å². The van der Waals surface area contributed by atoms with Gasteiger partial charge in [-0.15, -0.1) is 11.3 Å². The van der Waals surface area contributed by atoms with Crippen LogP contribution in [0.1, 0.15) is 47.4 Å². The van der Waals surface area contributed by atoms with Crippen LogP contribution < -0.4 is 5.06 Å².